The van der Waals surface area contributed by atoms with Crippen LogP contribution in [0.5, 0.6) is 0 Å². The first-order valence-corrected chi connectivity index (χ1v) is 15.2. The SMILES string of the molecule is CCCCCCCCCCCCCCCCCCCC(=O)C1(F)CN([C@@H]2O[C@H](CO)[C@@H](O)[C@H]2O)C(=O)NC1=O. The number of halogens is 1. The van der Waals surface area contributed by atoms with Crippen molar-refractivity contribution in [3.63, 3.8) is 0 Å². The Morgan fingerprint density at radius 1 is 0.872 bits per heavy atom. The van der Waals surface area contributed by atoms with Crippen LogP contribution < -0.4 is 5.32 Å². The summed E-state index contributed by atoms with van der Waals surface area (Å²) in [7, 11) is 0. The van der Waals surface area contributed by atoms with Gasteiger partial charge in [0.15, 0.2) is 12.0 Å². The molecule has 0 spiro atoms. The van der Waals surface area contributed by atoms with E-state index in [1.807, 2.05) is 5.32 Å². The van der Waals surface area contributed by atoms with Crippen LogP contribution in [0.25, 0.3) is 0 Å². The monoisotopic (exact) mass is 558 g/mol. The smallest absolute Gasteiger partial charge is 0.326 e. The van der Waals surface area contributed by atoms with Crippen molar-refractivity contribution in [2.24, 2.45) is 0 Å². The number of aliphatic hydroxyl groups is 3. The second-order valence-corrected chi connectivity index (χ2v) is 11.2. The van der Waals surface area contributed by atoms with Crippen LogP contribution in [-0.4, -0.2) is 81.3 Å². The number of hydrogen-bond acceptors (Lipinski definition) is 7. The van der Waals surface area contributed by atoms with Crippen molar-refractivity contribution in [1.29, 1.82) is 0 Å². The normalized spacial score (nSPS) is 27.3. The molecule has 9 nitrogen and oxygen atoms in total. The first-order valence-electron chi connectivity index (χ1n) is 15.2. The Hall–Kier alpha value is -1.62. The molecule has 2 saturated heterocycles. The molecule has 0 radical (unpaired) electrons. The highest BCUT2D eigenvalue weighted by molar-refractivity contribution is 6.15. The van der Waals surface area contributed by atoms with Gasteiger partial charge in [0.05, 0.1) is 13.2 Å². The quantitative estimate of drug-likeness (QED) is 0.122. The highest BCUT2D eigenvalue weighted by atomic mass is 19.1. The average Bonchev–Trinajstić information content (AvgIpc) is 3.21. The molecule has 0 bridgehead atoms. The Labute approximate surface area is 232 Å². The first kappa shape index (κ1) is 33.6. The topological polar surface area (TPSA) is 136 Å². The highest BCUT2D eigenvalue weighted by Crippen LogP contribution is 2.30. The molecular weight excluding hydrogens is 507 g/mol. The maximum absolute atomic E-state index is 15.5. The summed E-state index contributed by atoms with van der Waals surface area (Å²) in [6.07, 6.45) is 14.3. The fourth-order valence-electron chi connectivity index (χ4n) is 5.41. The summed E-state index contributed by atoms with van der Waals surface area (Å²) in [6.45, 7) is 0.708. The van der Waals surface area contributed by atoms with Gasteiger partial charge >= 0.3 is 6.03 Å². The second-order valence-electron chi connectivity index (χ2n) is 11.2. The fraction of sp³-hybridized carbons (Fsp3) is 0.897. The number of aliphatic hydroxyl groups excluding tert-OH is 3. The van der Waals surface area contributed by atoms with Gasteiger partial charge in [-0.1, -0.05) is 110 Å². The highest BCUT2D eigenvalue weighted by Gasteiger charge is 2.56. The van der Waals surface area contributed by atoms with Gasteiger partial charge in [-0.15, -0.1) is 0 Å². The van der Waals surface area contributed by atoms with Crippen LogP contribution in [0.15, 0.2) is 0 Å². The largest absolute Gasteiger partial charge is 0.394 e. The summed E-state index contributed by atoms with van der Waals surface area (Å²) in [5.74, 6) is -2.25. The van der Waals surface area contributed by atoms with Crippen LogP contribution in [0.2, 0.25) is 0 Å². The molecule has 3 amide bonds. The Balaban J connectivity index is 1.56. The number of Topliss-reactive ketones (excluding diaryl/α,β-unsaturated/α-hetero) is 1. The van der Waals surface area contributed by atoms with Crippen LogP contribution in [0.4, 0.5) is 9.18 Å². The van der Waals surface area contributed by atoms with Gasteiger partial charge < -0.3 is 20.1 Å². The number of urea groups is 1. The van der Waals surface area contributed by atoms with E-state index < -0.39 is 61.1 Å². The van der Waals surface area contributed by atoms with Crippen LogP contribution in [0.3, 0.4) is 0 Å². The lowest BCUT2D eigenvalue weighted by Crippen LogP contribution is -2.68. The molecule has 2 fully saturated rings. The van der Waals surface area contributed by atoms with Crippen molar-refractivity contribution in [2.75, 3.05) is 13.2 Å². The zero-order valence-corrected chi connectivity index (χ0v) is 23.8. The Kier molecular flexibility index (Phi) is 15.5. The summed E-state index contributed by atoms with van der Waals surface area (Å²) in [5, 5.41) is 31.2. The van der Waals surface area contributed by atoms with Gasteiger partial charge in [-0.25, -0.2) is 9.18 Å². The van der Waals surface area contributed by atoms with E-state index in [0.29, 0.717) is 11.3 Å². The van der Waals surface area contributed by atoms with Gasteiger partial charge in [0.25, 0.3) is 11.6 Å². The number of unbranched alkanes of at least 4 members (excludes halogenated alkanes) is 16. The number of imide groups is 1. The molecule has 0 aromatic carbocycles. The number of amides is 3. The molecule has 0 aromatic rings. The van der Waals surface area contributed by atoms with Gasteiger partial charge in [0, 0.05) is 6.42 Å². The van der Waals surface area contributed by atoms with Crippen molar-refractivity contribution >= 4 is 17.7 Å². The van der Waals surface area contributed by atoms with E-state index in [0.717, 1.165) is 25.7 Å². The van der Waals surface area contributed by atoms with Crippen molar-refractivity contribution in [3.8, 4) is 0 Å². The molecule has 5 atom stereocenters. The molecule has 1 unspecified atom stereocenters. The third kappa shape index (κ3) is 10.4. The van der Waals surface area contributed by atoms with Gasteiger partial charge in [-0.05, 0) is 6.42 Å². The molecular formula is C29H51FN2O7. The van der Waals surface area contributed by atoms with E-state index in [-0.39, 0.29) is 6.42 Å². The standard InChI is InChI=1S/C29H51FN2O7/c1-2-3-4-5-6-7-8-9-10-11-12-13-14-15-16-17-18-19-23(34)29(30)21-32(28(38)31-27(29)37)26-25(36)24(35)22(20-33)39-26/h22,24-26,33,35-36H,2-21H2,1H3,(H,31,37,38)/t22-,24-,25-,26-,29?/m1/s1. The second kappa shape index (κ2) is 17.9. The summed E-state index contributed by atoms with van der Waals surface area (Å²) in [6, 6.07) is -1.03. The molecule has 0 saturated carbocycles. The van der Waals surface area contributed by atoms with Crippen molar-refractivity contribution in [3.05, 3.63) is 0 Å². The van der Waals surface area contributed by atoms with Crippen LogP contribution in [0.1, 0.15) is 122 Å². The number of ether oxygens (including phenoxy) is 1. The molecule has 2 rings (SSSR count). The molecule has 0 aliphatic carbocycles. The van der Waals surface area contributed by atoms with E-state index in [4.69, 9.17) is 4.74 Å². The lowest BCUT2D eigenvalue weighted by molar-refractivity contribution is -0.153. The summed E-state index contributed by atoms with van der Waals surface area (Å²) < 4.78 is 20.8. The lowest BCUT2D eigenvalue weighted by atomic mass is 9.92. The van der Waals surface area contributed by atoms with Gasteiger partial charge in [-0.2, -0.15) is 0 Å². The number of alkyl halides is 1. The zero-order chi connectivity index (χ0) is 28.7. The van der Waals surface area contributed by atoms with Crippen molar-refractivity contribution in [1.82, 2.24) is 10.2 Å². The zero-order valence-electron chi connectivity index (χ0n) is 23.8. The van der Waals surface area contributed by atoms with Crippen LogP contribution in [-0.2, 0) is 14.3 Å². The number of nitrogens with zero attached hydrogens (tertiary/aromatic N) is 1. The van der Waals surface area contributed by atoms with E-state index in [9.17, 15) is 29.7 Å². The minimum Gasteiger partial charge on any atom is -0.394 e. The van der Waals surface area contributed by atoms with Crippen LogP contribution >= 0.6 is 0 Å². The van der Waals surface area contributed by atoms with Crippen molar-refractivity contribution < 1.29 is 38.8 Å². The Morgan fingerprint density at radius 3 is 1.77 bits per heavy atom. The van der Waals surface area contributed by atoms with Crippen molar-refractivity contribution in [2.45, 2.75) is 153 Å². The Bertz CT molecular complexity index is 755. The number of carbonyl (C=O) groups is 3. The van der Waals surface area contributed by atoms with E-state index in [1.54, 1.807) is 0 Å². The summed E-state index contributed by atoms with van der Waals surface area (Å²) in [5.41, 5.74) is -2.96. The first-order chi connectivity index (χ1) is 18.8. The summed E-state index contributed by atoms with van der Waals surface area (Å²) >= 11 is 0. The predicted octanol–water partition coefficient (Wildman–Crippen LogP) is 4.30. The number of hydrogen-bond donors (Lipinski definition) is 4. The Morgan fingerprint density at radius 2 is 1.33 bits per heavy atom. The minimum absolute atomic E-state index is 0.138. The fourth-order valence-corrected chi connectivity index (χ4v) is 5.41. The van der Waals surface area contributed by atoms with E-state index in [1.165, 1.54) is 77.0 Å². The molecule has 10 heteroatoms. The number of carbonyl (C=O) groups excluding carboxylic acids is 3. The van der Waals surface area contributed by atoms with E-state index in [2.05, 4.69) is 6.92 Å². The molecule has 226 valence electrons. The number of nitrogens with one attached hydrogen (secondary N) is 1. The maximum atomic E-state index is 15.5. The lowest BCUT2D eigenvalue weighted by Gasteiger charge is -2.38. The molecule has 4 N–H and O–H groups in total. The average molecular weight is 559 g/mol. The summed E-state index contributed by atoms with van der Waals surface area (Å²) in [4.78, 5) is 37.8. The minimum atomic E-state index is -2.96. The number of ketones is 1. The van der Waals surface area contributed by atoms with Gasteiger partial charge in [0.1, 0.15) is 18.3 Å². The third-order valence-electron chi connectivity index (χ3n) is 8.00. The molecule has 39 heavy (non-hydrogen) atoms. The maximum Gasteiger partial charge on any atom is 0.326 e. The van der Waals surface area contributed by atoms with Gasteiger partial charge in [-0.3, -0.25) is 19.8 Å². The number of rotatable bonds is 21. The molecule has 2 aliphatic heterocycles. The van der Waals surface area contributed by atoms with E-state index >= 15 is 4.39 Å². The van der Waals surface area contributed by atoms with Crippen LogP contribution in [0, 0.1) is 0 Å². The molecule has 2 heterocycles. The predicted molar refractivity (Wildman–Crippen MR) is 146 cm³/mol. The molecule has 0 aromatic heterocycles. The molecule has 2 aliphatic rings. The van der Waals surface area contributed by atoms with Gasteiger partial charge in [0.2, 0.25) is 0 Å². The third-order valence-corrected chi connectivity index (χ3v) is 8.00.